The zero-order valence-electron chi connectivity index (χ0n) is 11.5. The van der Waals surface area contributed by atoms with Gasteiger partial charge < -0.3 is 4.90 Å². The number of benzene rings is 1. The van der Waals surface area contributed by atoms with Crippen LogP contribution in [0.25, 0.3) is 0 Å². The van der Waals surface area contributed by atoms with E-state index in [2.05, 4.69) is 6.07 Å². The highest BCUT2D eigenvalue weighted by Crippen LogP contribution is 2.26. The van der Waals surface area contributed by atoms with Gasteiger partial charge in [-0.3, -0.25) is 4.79 Å². The molecule has 1 atom stereocenters. The number of amides is 1. The fourth-order valence-electron chi connectivity index (χ4n) is 1.74. The monoisotopic (exact) mass is 244 g/mol. The summed E-state index contributed by atoms with van der Waals surface area (Å²) in [5.74, 6) is -0.126. The molecule has 3 nitrogen and oxygen atoms in total. The third kappa shape index (κ3) is 2.70. The molecule has 0 heterocycles. The van der Waals surface area contributed by atoms with Crippen molar-refractivity contribution in [3.63, 3.8) is 0 Å². The lowest BCUT2D eigenvalue weighted by molar-refractivity contribution is -0.124. The van der Waals surface area contributed by atoms with Gasteiger partial charge >= 0.3 is 0 Å². The SMILES string of the molecule is CCN(C(=O)C(C)(C#N)CC)c1ccc(C)cc1. The van der Waals surface area contributed by atoms with E-state index in [0.717, 1.165) is 11.3 Å². The van der Waals surface area contributed by atoms with Crippen LogP contribution in [0.1, 0.15) is 32.8 Å². The average Bonchev–Trinajstić information content (AvgIpc) is 2.40. The second-order valence-corrected chi connectivity index (χ2v) is 4.68. The van der Waals surface area contributed by atoms with Gasteiger partial charge in [-0.2, -0.15) is 5.26 Å². The first kappa shape index (κ1) is 14.2. The summed E-state index contributed by atoms with van der Waals surface area (Å²) >= 11 is 0. The summed E-state index contributed by atoms with van der Waals surface area (Å²) in [7, 11) is 0. The minimum Gasteiger partial charge on any atom is -0.311 e. The topological polar surface area (TPSA) is 44.1 Å². The molecule has 0 spiro atoms. The molecule has 0 N–H and O–H groups in total. The van der Waals surface area contributed by atoms with Gasteiger partial charge in [0.1, 0.15) is 5.41 Å². The molecule has 3 heteroatoms. The Bertz CT molecular complexity index is 458. The fourth-order valence-corrected chi connectivity index (χ4v) is 1.74. The van der Waals surface area contributed by atoms with Gasteiger partial charge in [0.2, 0.25) is 5.91 Å². The minimum atomic E-state index is -0.944. The van der Waals surface area contributed by atoms with E-state index in [1.54, 1.807) is 11.8 Å². The van der Waals surface area contributed by atoms with Crippen LogP contribution in [0.3, 0.4) is 0 Å². The van der Waals surface area contributed by atoms with Crippen molar-refractivity contribution in [3.05, 3.63) is 29.8 Å². The Labute approximate surface area is 109 Å². The molecule has 0 saturated carbocycles. The number of anilines is 1. The van der Waals surface area contributed by atoms with Crippen molar-refractivity contribution < 1.29 is 4.79 Å². The number of nitriles is 1. The van der Waals surface area contributed by atoms with Crippen molar-refractivity contribution in [1.82, 2.24) is 0 Å². The van der Waals surface area contributed by atoms with Crippen LogP contribution in [-0.2, 0) is 4.79 Å². The first-order valence-corrected chi connectivity index (χ1v) is 6.28. The van der Waals surface area contributed by atoms with Crippen LogP contribution in [0.2, 0.25) is 0 Å². The lowest BCUT2D eigenvalue weighted by Gasteiger charge is -2.28. The molecule has 0 saturated heterocycles. The van der Waals surface area contributed by atoms with Gasteiger partial charge in [-0.1, -0.05) is 24.6 Å². The predicted octanol–water partition coefficient (Wildman–Crippen LogP) is 3.29. The smallest absolute Gasteiger partial charge is 0.247 e. The molecule has 0 fully saturated rings. The van der Waals surface area contributed by atoms with E-state index >= 15 is 0 Å². The maximum Gasteiger partial charge on any atom is 0.247 e. The highest BCUT2D eigenvalue weighted by Gasteiger charge is 2.35. The van der Waals surface area contributed by atoms with E-state index in [1.807, 2.05) is 45.0 Å². The minimum absolute atomic E-state index is 0.126. The number of rotatable bonds is 4. The van der Waals surface area contributed by atoms with Crippen molar-refractivity contribution in [1.29, 1.82) is 5.26 Å². The molecule has 18 heavy (non-hydrogen) atoms. The lowest BCUT2D eigenvalue weighted by Crippen LogP contribution is -2.41. The van der Waals surface area contributed by atoms with Gasteiger partial charge in [-0.05, 0) is 39.3 Å². The molecule has 0 aliphatic rings. The van der Waals surface area contributed by atoms with E-state index < -0.39 is 5.41 Å². The Morgan fingerprint density at radius 3 is 2.28 bits per heavy atom. The number of hydrogen-bond acceptors (Lipinski definition) is 2. The first-order valence-electron chi connectivity index (χ1n) is 6.28. The third-order valence-corrected chi connectivity index (χ3v) is 3.33. The van der Waals surface area contributed by atoms with Crippen molar-refractivity contribution in [2.75, 3.05) is 11.4 Å². The Morgan fingerprint density at radius 2 is 1.89 bits per heavy atom. The Balaban J connectivity index is 3.08. The third-order valence-electron chi connectivity index (χ3n) is 3.33. The van der Waals surface area contributed by atoms with E-state index in [-0.39, 0.29) is 5.91 Å². The Hall–Kier alpha value is -1.82. The zero-order valence-corrected chi connectivity index (χ0v) is 11.5. The van der Waals surface area contributed by atoms with Crippen LogP contribution < -0.4 is 4.90 Å². The van der Waals surface area contributed by atoms with Crippen LogP contribution >= 0.6 is 0 Å². The highest BCUT2D eigenvalue weighted by molar-refractivity contribution is 5.99. The summed E-state index contributed by atoms with van der Waals surface area (Å²) in [6.07, 6.45) is 0.519. The molecule has 96 valence electrons. The molecular formula is C15H20N2O. The van der Waals surface area contributed by atoms with E-state index in [0.29, 0.717) is 13.0 Å². The maximum absolute atomic E-state index is 12.4. The largest absolute Gasteiger partial charge is 0.311 e. The number of carbonyl (C=O) groups excluding carboxylic acids is 1. The standard InChI is InChI=1S/C15H20N2O/c1-5-15(4,11-16)14(18)17(6-2)13-9-7-12(3)8-10-13/h7-10H,5-6H2,1-4H3. The summed E-state index contributed by atoms with van der Waals surface area (Å²) in [5.41, 5.74) is 1.06. The van der Waals surface area contributed by atoms with Crippen LogP contribution in [0.4, 0.5) is 5.69 Å². The second kappa shape index (κ2) is 5.68. The first-order chi connectivity index (χ1) is 8.48. The predicted molar refractivity (Wildman–Crippen MR) is 73.2 cm³/mol. The maximum atomic E-state index is 12.4. The summed E-state index contributed by atoms with van der Waals surface area (Å²) in [4.78, 5) is 14.1. The number of hydrogen-bond donors (Lipinski definition) is 0. The molecule has 0 aliphatic heterocycles. The average molecular weight is 244 g/mol. The number of aryl methyl sites for hydroxylation is 1. The van der Waals surface area contributed by atoms with E-state index in [1.165, 1.54) is 0 Å². The van der Waals surface area contributed by atoms with Crippen molar-refractivity contribution in [3.8, 4) is 6.07 Å². The lowest BCUT2D eigenvalue weighted by atomic mass is 9.87. The van der Waals surface area contributed by atoms with Crippen LogP contribution in [0.5, 0.6) is 0 Å². The van der Waals surface area contributed by atoms with Crippen LogP contribution in [-0.4, -0.2) is 12.5 Å². The van der Waals surface area contributed by atoms with Gasteiger partial charge in [0.05, 0.1) is 6.07 Å². The quantitative estimate of drug-likeness (QED) is 0.815. The summed E-state index contributed by atoms with van der Waals surface area (Å²) in [5, 5.41) is 9.19. The van der Waals surface area contributed by atoms with Crippen LogP contribution in [0, 0.1) is 23.7 Å². The molecule has 1 aromatic rings. The normalized spacial score (nSPS) is 13.5. The second-order valence-electron chi connectivity index (χ2n) is 4.68. The van der Waals surface area contributed by atoms with E-state index in [4.69, 9.17) is 0 Å². The molecule has 0 bridgehead atoms. The summed E-state index contributed by atoms with van der Waals surface area (Å²) < 4.78 is 0. The molecule has 1 rings (SSSR count). The summed E-state index contributed by atoms with van der Waals surface area (Å²) in [6, 6.07) is 9.92. The zero-order chi connectivity index (χ0) is 13.8. The Morgan fingerprint density at radius 1 is 1.33 bits per heavy atom. The van der Waals surface area contributed by atoms with Crippen molar-refractivity contribution >= 4 is 11.6 Å². The molecule has 0 aliphatic carbocycles. The van der Waals surface area contributed by atoms with Crippen molar-refractivity contribution in [2.45, 2.75) is 34.1 Å². The molecule has 0 radical (unpaired) electrons. The molecule has 0 aromatic heterocycles. The summed E-state index contributed by atoms with van der Waals surface area (Å²) in [6.45, 7) is 8.06. The van der Waals surface area contributed by atoms with Gasteiger partial charge in [0.25, 0.3) is 0 Å². The molecule has 1 unspecified atom stereocenters. The van der Waals surface area contributed by atoms with Crippen LogP contribution in [0.15, 0.2) is 24.3 Å². The molecular weight excluding hydrogens is 224 g/mol. The highest BCUT2D eigenvalue weighted by atomic mass is 16.2. The number of nitrogens with zero attached hydrogens (tertiary/aromatic N) is 2. The Kier molecular flexibility index (Phi) is 4.49. The van der Waals surface area contributed by atoms with Gasteiger partial charge in [-0.25, -0.2) is 0 Å². The van der Waals surface area contributed by atoms with Gasteiger partial charge in [0, 0.05) is 12.2 Å². The van der Waals surface area contributed by atoms with Crippen molar-refractivity contribution in [2.24, 2.45) is 5.41 Å². The molecule has 1 amide bonds. The van der Waals surface area contributed by atoms with E-state index in [9.17, 15) is 10.1 Å². The molecule has 1 aromatic carbocycles. The van der Waals surface area contributed by atoms with Gasteiger partial charge in [0.15, 0.2) is 0 Å². The number of carbonyl (C=O) groups is 1. The van der Waals surface area contributed by atoms with Gasteiger partial charge in [-0.15, -0.1) is 0 Å². The fraction of sp³-hybridized carbons (Fsp3) is 0.467.